The Morgan fingerprint density at radius 1 is 1.54 bits per heavy atom. The second-order valence-corrected chi connectivity index (χ2v) is 6.27. The van der Waals surface area contributed by atoms with Crippen molar-refractivity contribution in [3.8, 4) is 0 Å². The lowest BCUT2D eigenvalue weighted by Gasteiger charge is -2.24. The van der Waals surface area contributed by atoms with Gasteiger partial charge in [-0.2, -0.15) is 0 Å². The second-order valence-electron chi connectivity index (χ2n) is 4.67. The monoisotopic (exact) mass is 198 g/mol. The van der Waals surface area contributed by atoms with Crippen molar-refractivity contribution in [2.45, 2.75) is 44.3 Å². The Bertz CT molecular complexity index is 214. The highest BCUT2D eigenvalue weighted by Gasteiger charge is 2.43. The molecule has 2 rings (SSSR count). The summed E-state index contributed by atoms with van der Waals surface area (Å²) in [6.45, 7) is 4.27. The molecular formula is C11H18OS. The van der Waals surface area contributed by atoms with Crippen LogP contribution in [0.5, 0.6) is 0 Å². The molecule has 1 nitrogen and oxygen atoms in total. The first-order valence-electron chi connectivity index (χ1n) is 5.32. The number of ketones is 1. The van der Waals surface area contributed by atoms with Gasteiger partial charge in [0.1, 0.15) is 0 Å². The summed E-state index contributed by atoms with van der Waals surface area (Å²) in [7, 11) is 0. The van der Waals surface area contributed by atoms with E-state index < -0.39 is 0 Å². The van der Waals surface area contributed by atoms with Crippen LogP contribution >= 0.6 is 11.8 Å². The number of carbonyl (C=O) groups excluding carboxylic acids is 1. The van der Waals surface area contributed by atoms with Crippen molar-refractivity contribution in [1.29, 1.82) is 0 Å². The van der Waals surface area contributed by atoms with Gasteiger partial charge in [0, 0.05) is 5.92 Å². The molecule has 0 amide bonds. The summed E-state index contributed by atoms with van der Waals surface area (Å²) >= 11 is 1.88. The van der Waals surface area contributed by atoms with E-state index in [-0.39, 0.29) is 4.75 Å². The predicted octanol–water partition coefficient (Wildman–Crippen LogP) is 2.89. The number of hydrogen-bond donors (Lipinski definition) is 0. The molecule has 1 saturated carbocycles. The first-order chi connectivity index (χ1) is 6.13. The molecule has 13 heavy (non-hydrogen) atoms. The number of rotatable bonds is 3. The third-order valence-electron chi connectivity index (χ3n) is 3.48. The fraction of sp³-hybridized carbons (Fsp3) is 0.909. The Labute approximate surface area is 84.7 Å². The maximum atomic E-state index is 12.1. The van der Waals surface area contributed by atoms with Crippen molar-refractivity contribution in [2.24, 2.45) is 11.8 Å². The van der Waals surface area contributed by atoms with Gasteiger partial charge in [0.25, 0.3) is 0 Å². The molecule has 2 fully saturated rings. The van der Waals surface area contributed by atoms with Crippen LogP contribution in [0, 0.1) is 11.8 Å². The number of Topliss-reactive ketones (excluding diaryl/α,β-unsaturated/α-hetero) is 1. The average Bonchev–Trinajstić information content (AvgIpc) is 2.88. The molecule has 0 bridgehead atoms. The van der Waals surface area contributed by atoms with Gasteiger partial charge in [-0.15, -0.1) is 11.8 Å². The lowest BCUT2D eigenvalue weighted by atomic mass is 9.88. The van der Waals surface area contributed by atoms with Crippen LogP contribution in [0.25, 0.3) is 0 Å². The van der Waals surface area contributed by atoms with Crippen LogP contribution in [0.1, 0.15) is 39.5 Å². The van der Waals surface area contributed by atoms with Gasteiger partial charge in [0.15, 0.2) is 5.78 Å². The van der Waals surface area contributed by atoms with E-state index in [9.17, 15) is 4.79 Å². The van der Waals surface area contributed by atoms with Gasteiger partial charge in [0.2, 0.25) is 0 Å². The summed E-state index contributed by atoms with van der Waals surface area (Å²) in [6.07, 6.45) is 4.90. The molecule has 1 aliphatic carbocycles. The Kier molecular flexibility index (Phi) is 2.43. The van der Waals surface area contributed by atoms with Crippen LogP contribution < -0.4 is 0 Å². The van der Waals surface area contributed by atoms with Crippen molar-refractivity contribution >= 4 is 17.5 Å². The molecule has 1 saturated heterocycles. The number of thioether (sulfide) groups is 1. The standard InChI is InChI=1S/C11H18OS/c1-8(9-4-5-9)10(12)11(2)6-3-7-13-11/h8-9H,3-7H2,1-2H3. The topological polar surface area (TPSA) is 17.1 Å². The highest BCUT2D eigenvalue weighted by molar-refractivity contribution is 8.01. The van der Waals surface area contributed by atoms with E-state index in [1.165, 1.54) is 25.0 Å². The molecule has 2 atom stereocenters. The van der Waals surface area contributed by atoms with Gasteiger partial charge in [0.05, 0.1) is 4.75 Å². The van der Waals surface area contributed by atoms with Crippen LogP contribution in [-0.2, 0) is 4.79 Å². The Morgan fingerprint density at radius 3 is 2.69 bits per heavy atom. The molecule has 0 aromatic carbocycles. The minimum Gasteiger partial charge on any atom is -0.298 e. The van der Waals surface area contributed by atoms with Crippen molar-refractivity contribution in [3.63, 3.8) is 0 Å². The van der Waals surface area contributed by atoms with E-state index in [2.05, 4.69) is 13.8 Å². The molecule has 0 aromatic rings. The summed E-state index contributed by atoms with van der Waals surface area (Å²) in [5.74, 6) is 2.76. The van der Waals surface area contributed by atoms with Crippen LogP contribution in [0.2, 0.25) is 0 Å². The average molecular weight is 198 g/mol. The van der Waals surface area contributed by atoms with E-state index in [4.69, 9.17) is 0 Å². The van der Waals surface area contributed by atoms with Crippen LogP contribution in [0.3, 0.4) is 0 Å². The second kappa shape index (κ2) is 3.30. The number of hydrogen-bond acceptors (Lipinski definition) is 2. The Balaban J connectivity index is 2.01. The van der Waals surface area contributed by atoms with Gasteiger partial charge < -0.3 is 0 Å². The minimum absolute atomic E-state index is 0.0258. The molecule has 2 aliphatic rings. The first-order valence-corrected chi connectivity index (χ1v) is 6.30. The van der Waals surface area contributed by atoms with Gasteiger partial charge in [-0.05, 0) is 44.3 Å². The molecule has 0 radical (unpaired) electrons. The van der Waals surface area contributed by atoms with Crippen molar-refractivity contribution in [1.82, 2.24) is 0 Å². The van der Waals surface area contributed by atoms with Gasteiger partial charge in [-0.1, -0.05) is 6.92 Å². The van der Waals surface area contributed by atoms with Gasteiger partial charge in [-0.25, -0.2) is 0 Å². The molecule has 2 unspecified atom stereocenters. The zero-order chi connectivity index (χ0) is 9.47. The molecule has 1 heterocycles. The normalized spacial score (nSPS) is 36.2. The maximum Gasteiger partial charge on any atom is 0.151 e. The summed E-state index contributed by atoms with van der Waals surface area (Å²) in [5.41, 5.74) is 0. The van der Waals surface area contributed by atoms with Crippen molar-refractivity contribution < 1.29 is 4.79 Å². The van der Waals surface area contributed by atoms with Crippen LogP contribution in [0.4, 0.5) is 0 Å². The van der Waals surface area contributed by atoms with Crippen LogP contribution in [-0.4, -0.2) is 16.3 Å². The largest absolute Gasteiger partial charge is 0.298 e. The third kappa shape index (κ3) is 1.78. The predicted molar refractivity (Wildman–Crippen MR) is 57.0 cm³/mol. The van der Waals surface area contributed by atoms with Crippen molar-refractivity contribution in [3.05, 3.63) is 0 Å². The highest BCUT2D eigenvalue weighted by atomic mass is 32.2. The summed E-state index contributed by atoms with van der Waals surface area (Å²) < 4.78 is -0.0258. The molecule has 0 aromatic heterocycles. The summed E-state index contributed by atoms with van der Waals surface area (Å²) in [4.78, 5) is 12.1. The van der Waals surface area contributed by atoms with E-state index >= 15 is 0 Å². The first kappa shape index (κ1) is 9.57. The summed E-state index contributed by atoms with van der Waals surface area (Å²) in [6, 6.07) is 0. The Hall–Kier alpha value is 0.0200. The molecular weight excluding hydrogens is 180 g/mol. The smallest absolute Gasteiger partial charge is 0.151 e. The van der Waals surface area contributed by atoms with E-state index in [1.54, 1.807) is 0 Å². The van der Waals surface area contributed by atoms with Crippen LogP contribution in [0.15, 0.2) is 0 Å². The maximum absolute atomic E-state index is 12.1. The minimum atomic E-state index is -0.0258. The van der Waals surface area contributed by atoms with Gasteiger partial charge >= 0.3 is 0 Å². The van der Waals surface area contributed by atoms with Crippen molar-refractivity contribution in [2.75, 3.05) is 5.75 Å². The summed E-state index contributed by atoms with van der Waals surface area (Å²) in [5, 5.41) is 0. The molecule has 0 N–H and O–H groups in total. The molecule has 2 heteroatoms. The molecule has 1 aliphatic heterocycles. The quantitative estimate of drug-likeness (QED) is 0.693. The number of carbonyl (C=O) groups is 1. The van der Waals surface area contributed by atoms with E-state index in [1.807, 2.05) is 11.8 Å². The van der Waals surface area contributed by atoms with Gasteiger partial charge in [-0.3, -0.25) is 4.79 Å². The Morgan fingerprint density at radius 2 is 2.23 bits per heavy atom. The third-order valence-corrected chi connectivity index (χ3v) is 5.02. The fourth-order valence-electron chi connectivity index (χ4n) is 2.27. The fourth-order valence-corrected chi connectivity index (χ4v) is 3.62. The SMILES string of the molecule is CC(C(=O)C1(C)CCCS1)C1CC1. The highest BCUT2D eigenvalue weighted by Crippen LogP contribution is 2.45. The molecule has 74 valence electrons. The molecule has 0 spiro atoms. The lowest BCUT2D eigenvalue weighted by molar-refractivity contribution is -0.125. The van der Waals surface area contributed by atoms with E-state index in [0.29, 0.717) is 11.7 Å². The van der Waals surface area contributed by atoms with E-state index in [0.717, 1.165) is 12.3 Å². The lowest BCUT2D eigenvalue weighted by Crippen LogP contribution is -2.34. The zero-order valence-corrected chi connectivity index (χ0v) is 9.32. The zero-order valence-electron chi connectivity index (χ0n) is 8.51.